The molecule has 2 N–H and O–H groups in total. The maximum Gasteiger partial charge on any atom is 0.318 e. The highest BCUT2D eigenvalue weighted by atomic mass is 16.2. The van der Waals surface area contributed by atoms with E-state index in [0.717, 1.165) is 11.3 Å². The summed E-state index contributed by atoms with van der Waals surface area (Å²) in [6, 6.07) is 12.6. The molecule has 0 bridgehead atoms. The second-order valence-electron chi connectivity index (χ2n) is 6.02. The molecule has 2 rings (SSSR count). The molecule has 0 radical (unpaired) electrons. The van der Waals surface area contributed by atoms with Crippen LogP contribution in [0.15, 0.2) is 48.7 Å². The van der Waals surface area contributed by atoms with Gasteiger partial charge in [0.1, 0.15) is 0 Å². The first-order valence-corrected chi connectivity index (χ1v) is 8.20. The first-order chi connectivity index (χ1) is 11.9. The number of hydrogen-bond acceptors (Lipinski definition) is 3. The number of hydrogen-bond donors (Lipinski definition) is 2. The van der Waals surface area contributed by atoms with Crippen molar-refractivity contribution < 1.29 is 9.59 Å². The molecule has 2 atom stereocenters. The van der Waals surface area contributed by atoms with E-state index < -0.39 is 0 Å². The number of aromatic nitrogens is 1. The number of benzene rings is 1. The number of rotatable bonds is 5. The predicted octanol–water partition coefficient (Wildman–Crippen LogP) is 3.50. The number of anilines is 1. The van der Waals surface area contributed by atoms with Gasteiger partial charge in [-0.05, 0) is 43.7 Å². The Labute approximate surface area is 148 Å². The van der Waals surface area contributed by atoms with E-state index in [1.807, 2.05) is 56.3 Å². The molecule has 2 aromatic rings. The van der Waals surface area contributed by atoms with Crippen molar-refractivity contribution in [3.63, 3.8) is 0 Å². The monoisotopic (exact) mass is 340 g/mol. The van der Waals surface area contributed by atoms with Crippen LogP contribution >= 0.6 is 0 Å². The molecule has 25 heavy (non-hydrogen) atoms. The molecule has 1 aromatic carbocycles. The van der Waals surface area contributed by atoms with Gasteiger partial charge in [-0.2, -0.15) is 0 Å². The van der Waals surface area contributed by atoms with E-state index >= 15 is 0 Å². The molecule has 3 amide bonds. The Hall–Kier alpha value is -2.89. The topological polar surface area (TPSA) is 74.3 Å². The minimum atomic E-state index is -0.195. The van der Waals surface area contributed by atoms with Gasteiger partial charge in [0.2, 0.25) is 5.91 Å². The van der Waals surface area contributed by atoms with Gasteiger partial charge in [0.25, 0.3) is 0 Å². The molecule has 6 heteroatoms. The summed E-state index contributed by atoms with van der Waals surface area (Å²) in [5, 5.41) is 5.72. The zero-order chi connectivity index (χ0) is 18.4. The number of nitrogens with one attached hydrogen (secondary N) is 2. The molecule has 0 fully saturated rings. The zero-order valence-corrected chi connectivity index (χ0v) is 15.0. The minimum Gasteiger partial charge on any atom is -0.331 e. The van der Waals surface area contributed by atoms with Gasteiger partial charge in [0.15, 0.2) is 0 Å². The van der Waals surface area contributed by atoms with Crippen LogP contribution in [0.5, 0.6) is 0 Å². The van der Waals surface area contributed by atoms with E-state index in [1.165, 1.54) is 6.92 Å². The van der Waals surface area contributed by atoms with Gasteiger partial charge in [0.05, 0.1) is 17.8 Å². The first kappa shape index (κ1) is 18.4. The average molecular weight is 340 g/mol. The van der Waals surface area contributed by atoms with Crippen molar-refractivity contribution in [3.05, 3.63) is 59.9 Å². The number of nitrogens with zero attached hydrogens (tertiary/aromatic N) is 2. The highest BCUT2D eigenvalue weighted by Crippen LogP contribution is 2.20. The fourth-order valence-corrected chi connectivity index (χ4v) is 2.46. The standard InChI is InChI=1S/C19H24N4O2/c1-13(16-8-7-9-17(12-16)22-15(3)24)21-19(25)23(4)14(2)18-10-5-6-11-20-18/h5-14H,1-4H3,(H,21,25)(H,22,24)/t13-,14+/m1/s1. The smallest absolute Gasteiger partial charge is 0.318 e. The third kappa shape index (κ3) is 5.04. The maximum absolute atomic E-state index is 12.5. The predicted molar refractivity (Wildman–Crippen MR) is 98.1 cm³/mol. The molecular weight excluding hydrogens is 316 g/mol. The zero-order valence-electron chi connectivity index (χ0n) is 15.0. The van der Waals surface area contributed by atoms with Gasteiger partial charge in [0, 0.05) is 25.9 Å². The Morgan fingerprint density at radius 3 is 2.52 bits per heavy atom. The van der Waals surface area contributed by atoms with Crippen molar-refractivity contribution in [1.29, 1.82) is 0 Å². The average Bonchev–Trinajstić information content (AvgIpc) is 2.60. The van der Waals surface area contributed by atoms with Crippen LogP contribution in [0.3, 0.4) is 0 Å². The highest BCUT2D eigenvalue weighted by Gasteiger charge is 2.20. The van der Waals surface area contributed by atoms with Gasteiger partial charge >= 0.3 is 6.03 Å². The van der Waals surface area contributed by atoms with E-state index in [9.17, 15) is 9.59 Å². The van der Waals surface area contributed by atoms with E-state index in [4.69, 9.17) is 0 Å². The third-order valence-corrected chi connectivity index (χ3v) is 4.06. The summed E-state index contributed by atoms with van der Waals surface area (Å²) in [6.07, 6.45) is 1.72. The van der Waals surface area contributed by atoms with Crippen LogP contribution < -0.4 is 10.6 Å². The van der Waals surface area contributed by atoms with Crippen LogP contribution in [0.4, 0.5) is 10.5 Å². The molecule has 132 valence electrons. The number of pyridine rings is 1. The highest BCUT2D eigenvalue weighted by molar-refractivity contribution is 5.88. The lowest BCUT2D eigenvalue weighted by atomic mass is 10.1. The molecule has 0 unspecified atom stereocenters. The van der Waals surface area contributed by atoms with Gasteiger partial charge in [-0.25, -0.2) is 4.79 Å². The molecule has 1 aromatic heterocycles. The Morgan fingerprint density at radius 2 is 1.88 bits per heavy atom. The number of amides is 3. The van der Waals surface area contributed by atoms with Crippen molar-refractivity contribution in [2.45, 2.75) is 32.9 Å². The lowest BCUT2D eigenvalue weighted by Gasteiger charge is -2.27. The van der Waals surface area contributed by atoms with E-state index in [0.29, 0.717) is 5.69 Å². The lowest BCUT2D eigenvalue weighted by molar-refractivity contribution is -0.114. The molecular formula is C19H24N4O2. The van der Waals surface area contributed by atoms with E-state index in [2.05, 4.69) is 15.6 Å². The third-order valence-electron chi connectivity index (χ3n) is 4.06. The quantitative estimate of drug-likeness (QED) is 0.875. The van der Waals surface area contributed by atoms with Crippen molar-refractivity contribution in [2.75, 3.05) is 12.4 Å². The normalized spacial score (nSPS) is 12.8. The minimum absolute atomic E-state index is 0.127. The molecule has 0 spiro atoms. The second kappa shape index (κ2) is 8.28. The summed E-state index contributed by atoms with van der Waals surface area (Å²) in [7, 11) is 1.75. The Kier molecular flexibility index (Phi) is 6.11. The molecule has 0 aliphatic heterocycles. The SMILES string of the molecule is CC(=O)Nc1cccc([C@@H](C)NC(=O)N(C)[C@@H](C)c2ccccn2)c1. The van der Waals surface area contributed by atoms with Gasteiger partial charge < -0.3 is 15.5 Å². The fraction of sp³-hybridized carbons (Fsp3) is 0.316. The van der Waals surface area contributed by atoms with Crippen LogP contribution in [0.1, 0.15) is 44.1 Å². The van der Waals surface area contributed by atoms with Crippen LogP contribution in [-0.4, -0.2) is 28.9 Å². The summed E-state index contributed by atoms with van der Waals surface area (Å²) < 4.78 is 0. The van der Waals surface area contributed by atoms with Gasteiger partial charge in [-0.15, -0.1) is 0 Å². The largest absolute Gasteiger partial charge is 0.331 e. The Bertz CT molecular complexity index is 733. The lowest BCUT2D eigenvalue weighted by Crippen LogP contribution is -2.40. The number of carbonyl (C=O) groups is 2. The number of carbonyl (C=O) groups excluding carboxylic acids is 2. The van der Waals surface area contributed by atoms with Crippen LogP contribution in [0, 0.1) is 0 Å². The molecule has 6 nitrogen and oxygen atoms in total. The van der Waals surface area contributed by atoms with Gasteiger partial charge in [-0.3, -0.25) is 9.78 Å². The number of urea groups is 1. The molecule has 1 heterocycles. The van der Waals surface area contributed by atoms with E-state index in [-0.39, 0.29) is 24.0 Å². The van der Waals surface area contributed by atoms with Crippen LogP contribution in [-0.2, 0) is 4.79 Å². The molecule has 0 aliphatic carbocycles. The first-order valence-electron chi connectivity index (χ1n) is 8.20. The van der Waals surface area contributed by atoms with Crippen molar-refractivity contribution in [2.24, 2.45) is 0 Å². The van der Waals surface area contributed by atoms with E-state index in [1.54, 1.807) is 18.1 Å². The van der Waals surface area contributed by atoms with Gasteiger partial charge in [-0.1, -0.05) is 18.2 Å². The maximum atomic E-state index is 12.5. The van der Waals surface area contributed by atoms with Crippen molar-refractivity contribution in [3.8, 4) is 0 Å². The molecule has 0 aliphatic rings. The summed E-state index contributed by atoms with van der Waals surface area (Å²) >= 11 is 0. The van der Waals surface area contributed by atoms with Crippen LogP contribution in [0.25, 0.3) is 0 Å². The Morgan fingerprint density at radius 1 is 1.12 bits per heavy atom. The summed E-state index contributed by atoms with van der Waals surface area (Å²) in [6.45, 7) is 5.31. The summed E-state index contributed by atoms with van der Waals surface area (Å²) in [5.74, 6) is -0.127. The molecule has 0 saturated heterocycles. The molecule has 0 saturated carbocycles. The Balaban J connectivity index is 2.03. The second-order valence-corrected chi connectivity index (χ2v) is 6.02. The fourth-order valence-electron chi connectivity index (χ4n) is 2.46. The summed E-state index contributed by atoms with van der Waals surface area (Å²) in [5.41, 5.74) is 2.46. The van der Waals surface area contributed by atoms with Crippen molar-refractivity contribution >= 4 is 17.6 Å². The van der Waals surface area contributed by atoms with Crippen molar-refractivity contribution in [1.82, 2.24) is 15.2 Å². The van der Waals surface area contributed by atoms with Crippen LogP contribution in [0.2, 0.25) is 0 Å². The summed E-state index contributed by atoms with van der Waals surface area (Å²) in [4.78, 5) is 29.6.